The fraction of sp³-hybridized carbons (Fsp3) is 0. The quantitative estimate of drug-likeness (QED) is 0.579. The number of nitrogens with two attached hydrogens (primary N) is 1. The Morgan fingerprint density at radius 1 is 1.25 bits per heavy atom. The molecular formula is C13H9BrF2N2O2. The highest BCUT2D eigenvalue weighted by atomic mass is 79.9. The SMILES string of the molecule is Nc1ccc(O)cc1C(=O)Nc1c(F)cc(F)cc1Br. The van der Waals surface area contributed by atoms with Crippen LogP contribution in [0.2, 0.25) is 0 Å². The van der Waals surface area contributed by atoms with Crippen molar-refractivity contribution in [3.63, 3.8) is 0 Å². The lowest BCUT2D eigenvalue weighted by atomic mass is 10.1. The van der Waals surface area contributed by atoms with Gasteiger partial charge >= 0.3 is 0 Å². The Morgan fingerprint density at radius 3 is 2.60 bits per heavy atom. The molecule has 0 unspecified atom stereocenters. The third kappa shape index (κ3) is 2.88. The molecule has 0 saturated heterocycles. The van der Waals surface area contributed by atoms with Gasteiger partial charge < -0.3 is 16.2 Å². The van der Waals surface area contributed by atoms with Crippen LogP contribution in [0.1, 0.15) is 10.4 Å². The molecule has 0 aliphatic heterocycles. The summed E-state index contributed by atoms with van der Waals surface area (Å²) in [5.74, 6) is -2.57. The zero-order chi connectivity index (χ0) is 14.9. The molecule has 2 rings (SSSR count). The van der Waals surface area contributed by atoms with Crippen molar-refractivity contribution in [2.75, 3.05) is 11.1 Å². The van der Waals surface area contributed by atoms with Crippen LogP contribution in [0.5, 0.6) is 5.75 Å². The Balaban J connectivity index is 2.35. The van der Waals surface area contributed by atoms with Crippen molar-refractivity contribution in [3.8, 4) is 5.75 Å². The number of hydrogen-bond acceptors (Lipinski definition) is 3. The standard InChI is InChI=1S/C13H9BrF2N2O2/c14-9-3-6(15)4-10(16)12(9)18-13(20)8-5-7(19)1-2-11(8)17/h1-5,19H,17H2,(H,18,20). The molecule has 0 aromatic heterocycles. The van der Waals surface area contributed by atoms with Crippen molar-refractivity contribution in [1.29, 1.82) is 0 Å². The molecule has 0 saturated carbocycles. The van der Waals surface area contributed by atoms with Crippen LogP contribution in [0, 0.1) is 11.6 Å². The number of benzene rings is 2. The van der Waals surface area contributed by atoms with E-state index in [9.17, 15) is 18.7 Å². The van der Waals surface area contributed by atoms with E-state index in [1.54, 1.807) is 0 Å². The van der Waals surface area contributed by atoms with Crippen molar-refractivity contribution in [2.45, 2.75) is 0 Å². The van der Waals surface area contributed by atoms with Crippen molar-refractivity contribution in [3.05, 3.63) is 52.0 Å². The van der Waals surface area contributed by atoms with Crippen molar-refractivity contribution >= 4 is 33.2 Å². The Hall–Kier alpha value is -2.15. The molecule has 0 aliphatic carbocycles. The summed E-state index contributed by atoms with van der Waals surface area (Å²) in [7, 11) is 0. The summed E-state index contributed by atoms with van der Waals surface area (Å²) in [6, 6.07) is 5.48. The highest BCUT2D eigenvalue weighted by Crippen LogP contribution is 2.28. The molecule has 0 bridgehead atoms. The molecule has 0 spiro atoms. The second-order valence-electron chi connectivity index (χ2n) is 3.97. The number of nitrogens with one attached hydrogen (secondary N) is 1. The van der Waals surface area contributed by atoms with E-state index in [1.165, 1.54) is 12.1 Å². The van der Waals surface area contributed by atoms with Gasteiger partial charge in [0.2, 0.25) is 0 Å². The number of anilines is 2. The van der Waals surface area contributed by atoms with Gasteiger partial charge in [0.1, 0.15) is 11.6 Å². The summed E-state index contributed by atoms with van der Waals surface area (Å²) < 4.78 is 26.6. The van der Waals surface area contributed by atoms with Gasteiger partial charge in [-0.05, 0) is 40.2 Å². The number of halogens is 3. The third-order valence-electron chi connectivity index (χ3n) is 2.53. The van der Waals surface area contributed by atoms with Gasteiger partial charge in [-0.15, -0.1) is 0 Å². The fourth-order valence-electron chi connectivity index (χ4n) is 1.58. The van der Waals surface area contributed by atoms with Crippen molar-refractivity contribution < 1.29 is 18.7 Å². The lowest BCUT2D eigenvalue weighted by Gasteiger charge is -2.10. The van der Waals surface area contributed by atoms with Crippen LogP contribution in [0.4, 0.5) is 20.2 Å². The van der Waals surface area contributed by atoms with Gasteiger partial charge in [0.15, 0.2) is 5.82 Å². The molecule has 2 aromatic rings. The van der Waals surface area contributed by atoms with Crippen LogP contribution in [0.3, 0.4) is 0 Å². The number of carbonyl (C=O) groups is 1. The monoisotopic (exact) mass is 342 g/mol. The van der Waals surface area contributed by atoms with Gasteiger partial charge in [0, 0.05) is 16.2 Å². The molecule has 7 heteroatoms. The Morgan fingerprint density at radius 2 is 1.95 bits per heavy atom. The van der Waals surface area contributed by atoms with Gasteiger partial charge in [-0.1, -0.05) is 0 Å². The topological polar surface area (TPSA) is 75.3 Å². The molecule has 0 fully saturated rings. The molecule has 4 N–H and O–H groups in total. The van der Waals surface area contributed by atoms with Crippen LogP contribution < -0.4 is 11.1 Å². The first-order valence-corrected chi connectivity index (χ1v) is 6.22. The molecule has 1 amide bonds. The van der Waals surface area contributed by atoms with E-state index in [1.807, 2.05) is 0 Å². The van der Waals surface area contributed by atoms with Crippen molar-refractivity contribution in [1.82, 2.24) is 0 Å². The second kappa shape index (κ2) is 5.46. The van der Waals surface area contributed by atoms with Gasteiger partial charge in [0.25, 0.3) is 5.91 Å². The van der Waals surface area contributed by atoms with Crippen LogP contribution in [0.15, 0.2) is 34.8 Å². The molecular weight excluding hydrogens is 334 g/mol. The number of hydrogen-bond donors (Lipinski definition) is 3. The largest absolute Gasteiger partial charge is 0.508 e. The zero-order valence-electron chi connectivity index (χ0n) is 9.95. The maximum atomic E-state index is 13.6. The Bertz CT molecular complexity index is 669. The minimum atomic E-state index is -0.927. The number of phenolic OH excluding ortho intramolecular Hbond substituents is 1. The normalized spacial score (nSPS) is 10.3. The zero-order valence-corrected chi connectivity index (χ0v) is 11.5. The average Bonchev–Trinajstić information content (AvgIpc) is 2.36. The maximum Gasteiger partial charge on any atom is 0.257 e. The molecule has 0 radical (unpaired) electrons. The van der Waals surface area contributed by atoms with Gasteiger partial charge in [-0.2, -0.15) is 0 Å². The molecule has 104 valence electrons. The van der Waals surface area contributed by atoms with Crippen molar-refractivity contribution in [2.24, 2.45) is 0 Å². The van der Waals surface area contributed by atoms with Crippen LogP contribution >= 0.6 is 15.9 Å². The van der Waals surface area contributed by atoms with Gasteiger partial charge in [0.05, 0.1) is 11.3 Å². The number of rotatable bonds is 2. The van der Waals surface area contributed by atoms with E-state index in [4.69, 9.17) is 5.73 Å². The molecule has 20 heavy (non-hydrogen) atoms. The molecule has 0 aliphatic rings. The van der Waals surface area contributed by atoms with Crippen LogP contribution in [0.25, 0.3) is 0 Å². The lowest BCUT2D eigenvalue weighted by molar-refractivity contribution is 0.102. The lowest BCUT2D eigenvalue weighted by Crippen LogP contribution is -2.15. The fourth-order valence-corrected chi connectivity index (χ4v) is 2.09. The summed E-state index contributed by atoms with van der Waals surface area (Å²) in [5, 5.41) is 11.6. The highest BCUT2D eigenvalue weighted by Gasteiger charge is 2.16. The van der Waals surface area contributed by atoms with E-state index in [0.29, 0.717) is 6.07 Å². The van der Waals surface area contributed by atoms with Gasteiger partial charge in [-0.3, -0.25) is 4.79 Å². The Labute approximate surface area is 121 Å². The molecule has 4 nitrogen and oxygen atoms in total. The minimum Gasteiger partial charge on any atom is -0.508 e. The maximum absolute atomic E-state index is 13.6. The number of nitrogen functional groups attached to an aromatic ring is 1. The summed E-state index contributed by atoms with van der Waals surface area (Å²) >= 11 is 2.96. The predicted molar refractivity (Wildman–Crippen MR) is 74.5 cm³/mol. The highest BCUT2D eigenvalue weighted by molar-refractivity contribution is 9.10. The first-order valence-electron chi connectivity index (χ1n) is 5.43. The van der Waals surface area contributed by atoms with E-state index in [0.717, 1.165) is 12.1 Å². The summed E-state index contributed by atoms with van der Waals surface area (Å²) in [5.41, 5.74) is 5.51. The number of amides is 1. The molecule has 2 aromatic carbocycles. The summed E-state index contributed by atoms with van der Waals surface area (Å²) in [4.78, 5) is 12.0. The van der Waals surface area contributed by atoms with Gasteiger partial charge in [-0.25, -0.2) is 8.78 Å². The van der Waals surface area contributed by atoms with E-state index < -0.39 is 17.5 Å². The van der Waals surface area contributed by atoms with Crippen LogP contribution in [-0.4, -0.2) is 11.0 Å². The van der Waals surface area contributed by atoms with Crippen LogP contribution in [-0.2, 0) is 0 Å². The molecule has 0 heterocycles. The Kier molecular flexibility index (Phi) is 3.89. The number of aromatic hydroxyl groups is 1. The average molecular weight is 343 g/mol. The molecule has 0 atom stereocenters. The van der Waals surface area contributed by atoms with E-state index in [2.05, 4.69) is 21.2 Å². The third-order valence-corrected chi connectivity index (χ3v) is 3.15. The number of phenols is 1. The second-order valence-corrected chi connectivity index (χ2v) is 4.82. The summed E-state index contributed by atoms with van der Waals surface area (Å²) in [6.45, 7) is 0. The minimum absolute atomic E-state index is 0.0133. The first-order chi connectivity index (χ1) is 9.38. The predicted octanol–water partition coefficient (Wildman–Crippen LogP) is 3.27. The smallest absolute Gasteiger partial charge is 0.257 e. The summed E-state index contributed by atoms with van der Waals surface area (Å²) in [6.07, 6.45) is 0. The van der Waals surface area contributed by atoms with E-state index >= 15 is 0 Å². The van der Waals surface area contributed by atoms with E-state index in [-0.39, 0.29) is 27.2 Å². The first kappa shape index (κ1) is 14.3. The number of carbonyl (C=O) groups excluding carboxylic acids is 1.